The molecule has 0 amide bonds. The van der Waals surface area contributed by atoms with Crippen molar-refractivity contribution in [3.8, 4) is 0 Å². The lowest BCUT2D eigenvalue weighted by molar-refractivity contribution is 0.341. The summed E-state index contributed by atoms with van der Waals surface area (Å²) in [4.78, 5) is 0. The number of hydrogen-bond donors (Lipinski definition) is 1. The van der Waals surface area contributed by atoms with Crippen molar-refractivity contribution in [3.63, 3.8) is 0 Å². The molecule has 0 aliphatic carbocycles. The summed E-state index contributed by atoms with van der Waals surface area (Å²) in [6.45, 7) is 4.11. The predicted molar refractivity (Wildman–Crippen MR) is 98.3 cm³/mol. The van der Waals surface area contributed by atoms with Crippen LogP contribution >= 0.6 is 34.7 Å². The molecule has 0 radical (unpaired) electrons. The highest BCUT2D eigenvalue weighted by molar-refractivity contribution is 7.03. The maximum Gasteiger partial charge on any atom is 0.152 e. The molecule has 3 aromatic rings. The monoisotopic (exact) mass is 386 g/mol. The Hall–Kier alpha value is -1.37. The van der Waals surface area contributed by atoms with Crippen molar-refractivity contribution in [3.05, 3.63) is 44.6 Å². The Bertz CT molecular complexity index is 846. The van der Waals surface area contributed by atoms with Crippen LogP contribution in [0.25, 0.3) is 5.52 Å². The Labute approximate surface area is 153 Å². The smallest absolute Gasteiger partial charge is 0.152 e. The number of aromatic nitrogens is 3. The van der Waals surface area contributed by atoms with E-state index in [1.54, 1.807) is 17.5 Å². The molecular weight excluding hydrogens is 370 g/mol. The van der Waals surface area contributed by atoms with E-state index in [2.05, 4.69) is 14.8 Å². The van der Waals surface area contributed by atoms with E-state index in [1.807, 2.05) is 18.4 Å². The number of anilines is 1. The van der Waals surface area contributed by atoms with Gasteiger partial charge in [-0.15, -0.1) is 0 Å². The highest BCUT2D eigenvalue weighted by Gasteiger charge is 2.19. The van der Waals surface area contributed by atoms with Crippen molar-refractivity contribution in [2.24, 2.45) is 0 Å². The van der Waals surface area contributed by atoms with Crippen molar-refractivity contribution in [2.75, 3.05) is 5.32 Å². The summed E-state index contributed by atoms with van der Waals surface area (Å²) >= 11 is 14.0. The molecule has 24 heavy (non-hydrogen) atoms. The Kier molecular flexibility index (Phi) is 5.27. The maximum atomic E-state index is 13.2. The molecule has 4 nitrogen and oxygen atoms in total. The zero-order chi connectivity index (χ0) is 17.3. The Morgan fingerprint density at radius 3 is 2.88 bits per heavy atom. The van der Waals surface area contributed by atoms with Crippen LogP contribution < -0.4 is 5.32 Å². The van der Waals surface area contributed by atoms with Crippen molar-refractivity contribution >= 4 is 45.9 Å². The molecule has 1 atom stereocenters. The number of rotatable bonds is 6. The standard InChI is InChI=1S/C16H17Cl2FN4S/c1-9(19)3-4-12-10(2)15-13(20-8-11-5-6-24-22-11)7-14(17)21-23(15)16(12)18/h5-7,9,20H,3-4,8H2,1-2H3. The van der Waals surface area contributed by atoms with Crippen LogP contribution in [-0.2, 0) is 13.0 Å². The predicted octanol–water partition coefficient (Wildman–Crippen LogP) is 5.31. The summed E-state index contributed by atoms with van der Waals surface area (Å²) in [5, 5.41) is 10.4. The maximum absolute atomic E-state index is 13.2. The molecule has 3 heterocycles. The highest BCUT2D eigenvalue weighted by atomic mass is 35.5. The third-order valence-corrected chi connectivity index (χ3v) is 5.08. The van der Waals surface area contributed by atoms with E-state index in [0.717, 1.165) is 28.0 Å². The van der Waals surface area contributed by atoms with E-state index in [1.165, 1.54) is 11.5 Å². The van der Waals surface area contributed by atoms with Crippen molar-refractivity contribution < 1.29 is 4.39 Å². The minimum absolute atomic E-state index is 0.339. The fraction of sp³-hybridized carbons (Fsp3) is 0.375. The van der Waals surface area contributed by atoms with Gasteiger partial charge in [0.2, 0.25) is 0 Å². The second kappa shape index (κ2) is 7.25. The minimum Gasteiger partial charge on any atom is -0.378 e. The zero-order valence-electron chi connectivity index (χ0n) is 13.3. The van der Waals surface area contributed by atoms with E-state index in [0.29, 0.717) is 29.7 Å². The Morgan fingerprint density at radius 1 is 1.42 bits per heavy atom. The van der Waals surface area contributed by atoms with Gasteiger partial charge in [-0.25, -0.2) is 8.91 Å². The fourth-order valence-electron chi connectivity index (χ4n) is 2.69. The van der Waals surface area contributed by atoms with E-state index in [9.17, 15) is 4.39 Å². The molecule has 0 aliphatic rings. The fourth-order valence-corrected chi connectivity index (χ4v) is 3.77. The number of nitrogens with one attached hydrogen (secondary N) is 1. The number of hydrogen-bond acceptors (Lipinski definition) is 4. The molecule has 0 saturated carbocycles. The number of halogens is 3. The van der Waals surface area contributed by atoms with Gasteiger partial charge in [-0.3, -0.25) is 0 Å². The highest BCUT2D eigenvalue weighted by Crippen LogP contribution is 2.33. The van der Waals surface area contributed by atoms with E-state index >= 15 is 0 Å². The zero-order valence-corrected chi connectivity index (χ0v) is 15.6. The Morgan fingerprint density at radius 2 is 2.21 bits per heavy atom. The van der Waals surface area contributed by atoms with Gasteiger partial charge in [0, 0.05) is 11.4 Å². The molecule has 3 rings (SSSR count). The lowest BCUT2D eigenvalue weighted by Gasteiger charge is -2.09. The average Bonchev–Trinajstić information content (AvgIpc) is 3.12. The summed E-state index contributed by atoms with van der Waals surface area (Å²) in [5.74, 6) is 0. The van der Waals surface area contributed by atoms with E-state index in [-0.39, 0.29) is 0 Å². The van der Waals surface area contributed by atoms with Crippen LogP contribution in [0.2, 0.25) is 10.3 Å². The second-order valence-corrected chi connectivity index (χ2v) is 7.11. The molecule has 3 aromatic heterocycles. The quantitative estimate of drug-likeness (QED) is 0.623. The van der Waals surface area contributed by atoms with Crippen LogP contribution in [0.15, 0.2) is 17.5 Å². The normalized spacial score (nSPS) is 12.7. The van der Waals surface area contributed by atoms with Crippen LogP contribution in [-0.4, -0.2) is 20.2 Å². The van der Waals surface area contributed by atoms with Crippen LogP contribution in [0, 0.1) is 6.92 Å². The molecule has 0 aliphatic heterocycles. The summed E-state index contributed by atoms with van der Waals surface area (Å²) in [5.41, 5.74) is 4.55. The largest absolute Gasteiger partial charge is 0.378 e. The van der Waals surface area contributed by atoms with Crippen LogP contribution in [0.5, 0.6) is 0 Å². The van der Waals surface area contributed by atoms with Gasteiger partial charge in [-0.05, 0) is 55.4 Å². The summed E-state index contributed by atoms with van der Waals surface area (Å²) in [7, 11) is 0. The topological polar surface area (TPSA) is 42.2 Å². The molecule has 1 N–H and O–H groups in total. The molecule has 0 spiro atoms. The molecule has 0 saturated heterocycles. The van der Waals surface area contributed by atoms with Crippen molar-refractivity contribution in [2.45, 2.75) is 39.4 Å². The van der Waals surface area contributed by atoms with Gasteiger partial charge >= 0.3 is 0 Å². The molecule has 0 fully saturated rings. The molecule has 1 unspecified atom stereocenters. The van der Waals surface area contributed by atoms with Gasteiger partial charge in [0.15, 0.2) is 5.15 Å². The third kappa shape index (κ3) is 3.50. The van der Waals surface area contributed by atoms with Crippen LogP contribution in [0.3, 0.4) is 0 Å². The number of alkyl halides is 1. The van der Waals surface area contributed by atoms with Gasteiger partial charge in [0.25, 0.3) is 0 Å². The minimum atomic E-state index is -0.873. The van der Waals surface area contributed by atoms with Gasteiger partial charge in [0.1, 0.15) is 5.15 Å². The van der Waals surface area contributed by atoms with E-state index < -0.39 is 6.17 Å². The first-order valence-electron chi connectivity index (χ1n) is 7.60. The number of aryl methyl sites for hydroxylation is 1. The number of nitrogens with zero attached hydrogens (tertiary/aromatic N) is 3. The third-order valence-electron chi connectivity index (χ3n) is 3.91. The van der Waals surface area contributed by atoms with Gasteiger partial charge in [-0.2, -0.15) is 9.47 Å². The first kappa shape index (κ1) is 17.5. The first-order valence-corrected chi connectivity index (χ1v) is 9.20. The average molecular weight is 387 g/mol. The molecule has 0 aromatic carbocycles. The van der Waals surface area contributed by atoms with Gasteiger partial charge in [-0.1, -0.05) is 23.2 Å². The first-order chi connectivity index (χ1) is 11.5. The Balaban J connectivity index is 2.00. The van der Waals surface area contributed by atoms with Gasteiger partial charge in [0.05, 0.1) is 29.6 Å². The van der Waals surface area contributed by atoms with Crippen LogP contribution in [0.1, 0.15) is 30.2 Å². The summed E-state index contributed by atoms with van der Waals surface area (Å²) < 4.78 is 19.1. The summed E-state index contributed by atoms with van der Waals surface area (Å²) in [6, 6.07) is 3.73. The lowest BCUT2D eigenvalue weighted by Crippen LogP contribution is -2.03. The molecule has 8 heteroatoms. The van der Waals surface area contributed by atoms with Crippen molar-refractivity contribution in [1.82, 2.24) is 14.0 Å². The molecule has 128 valence electrons. The van der Waals surface area contributed by atoms with Crippen molar-refractivity contribution in [1.29, 1.82) is 0 Å². The number of fused-ring (bicyclic) bond motifs is 1. The summed E-state index contributed by atoms with van der Waals surface area (Å²) in [6.07, 6.45) is 0.115. The van der Waals surface area contributed by atoms with Gasteiger partial charge < -0.3 is 5.32 Å². The SMILES string of the molecule is Cc1c(CCC(C)F)c(Cl)n2nc(Cl)cc(NCc3ccsn3)c12. The molecular formula is C16H17Cl2FN4S. The second-order valence-electron chi connectivity index (χ2n) is 5.70. The van der Waals surface area contributed by atoms with E-state index in [4.69, 9.17) is 23.2 Å². The lowest BCUT2D eigenvalue weighted by atomic mass is 10.1. The molecule has 0 bridgehead atoms. The van der Waals surface area contributed by atoms with Crippen LogP contribution in [0.4, 0.5) is 10.1 Å².